The van der Waals surface area contributed by atoms with Gasteiger partial charge in [0.2, 0.25) is 0 Å². The number of nitriles is 1. The summed E-state index contributed by atoms with van der Waals surface area (Å²) in [5.41, 5.74) is 2.31. The second kappa shape index (κ2) is 10.1. The Morgan fingerprint density at radius 1 is 1.15 bits per heavy atom. The van der Waals surface area contributed by atoms with E-state index in [-0.39, 0.29) is 12.1 Å². The van der Waals surface area contributed by atoms with Crippen molar-refractivity contribution in [3.63, 3.8) is 0 Å². The fourth-order valence-corrected chi connectivity index (χ4v) is 3.64. The van der Waals surface area contributed by atoms with Crippen molar-refractivity contribution >= 4 is 17.3 Å². The van der Waals surface area contributed by atoms with Crippen LogP contribution in [0.3, 0.4) is 0 Å². The van der Waals surface area contributed by atoms with Gasteiger partial charge in [0.25, 0.3) is 0 Å². The van der Waals surface area contributed by atoms with E-state index in [9.17, 15) is 0 Å². The zero-order chi connectivity index (χ0) is 18.9. The maximum absolute atomic E-state index is 9.02. The van der Waals surface area contributed by atoms with Crippen LogP contribution < -0.4 is 5.32 Å². The molecule has 1 N–H and O–H groups in total. The van der Waals surface area contributed by atoms with E-state index in [2.05, 4.69) is 40.6 Å². The molecule has 3 rings (SSSR count). The molecule has 1 fully saturated rings. The largest absolute Gasteiger partial charge is 0.376 e. The first-order valence-electron chi connectivity index (χ1n) is 9.42. The number of ether oxygens (including phenoxy) is 1. The van der Waals surface area contributed by atoms with Gasteiger partial charge in [0.05, 0.1) is 24.6 Å². The molecule has 5 heteroatoms. The van der Waals surface area contributed by atoms with Gasteiger partial charge in [-0.05, 0) is 36.2 Å². The summed E-state index contributed by atoms with van der Waals surface area (Å²) in [7, 11) is 0. The molecule has 4 nitrogen and oxygen atoms in total. The minimum Gasteiger partial charge on any atom is -0.376 e. The van der Waals surface area contributed by atoms with Crippen LogP contribution in [0.2, 0.25) is 0 Å². The monoisotopic (exact) mass is 379 g/mol. The lowest BCUT2D eigenvalue weighted by atomic mass is 9.99. The summed E-state index contributed by atoms with van der Waals surface area (Å²) in [5, 5.41) is 13.2. The van der Waals surface area contributed by atoms with Crippen molar-refractivity contribution < 1.29 is 4.74 Å². The van der Waals surface area contributed by atoms with E-state index in [1.807, 2.05) is 36.4 Å². The Morgan fingerprint density at radius 2 is 1.78 bits per heavy atom. The highest BCUT2D eigenvalue weighted by molar-refractivity contribution is 7.80. The summed E-state index contributed by atoms with van der Waals surface area (Å²) < 4.78 is 5.78. The standard InChI is InChI=1S/C22H25N3OS/c23-14-8-15-25(17-20-13-7-16-26-20)22(27)24-21(18-9-3-1-4-10-18)19-11-5-2-6-12-19/h1-6,9-12,20-21H,7-8,13,15-17H2,(H,24,27). The van der Waals surface area contributed by atoms with Crippen LogP contribution in [0.5, 0.6) is 0 Å². The fourth-order valence-electron chi connectivity index (χ4n) is 3.36. The predicted octanol–water partition coefficient (Wildman–Crippen LogP) is 4.05. The Labute approximate surface area is 166 Å². The van der Waals surface area contributed by atoms with Crippen molar-refractivity contribution in [2.45, 2.75) is 31.4 Å². The third kappa shape index (κ3) is 5.53. The first-order chi connectivity index (χ1) is 13.3. The van der Waals surface area contributed by atoms with E-state index in [0.29, 0.717) is 18.1 Å². The van der Waals surface area contributed by atoms with Crippen LogP contribution in [0.25, 0.3) is 0 Å². The molecule has 140 valence electrons. The molecule has 0 bridgehead atoms. The molecule has 0 aliphatic carbocycles. The first kappa shape index (κ1) is 19.3. The Kier molecular flexibility index (Phi) is 7.20. The van der Waals surface area contributed by atoms with Crippen LogP contribution in [0, 0.1) is 11.3 Å². The average molecular weight is 380 g/mol. The molecule has 1 aliphatic heterocycles. The molecule has 1 saturated heterocycles. The Morgan fingerprint density at radius 3 is 2.30 bits per heavy atom. The highest BCUT2D eigenvalue weighted by Crippen LogP contribution is 2.22. The molecule has 1 aliphatic rings. The van der Waals surface area contributed by atoms with E-state index in [0.717, 1.165) is 37.1 Å². The van der Waals surface area contributed by atoms with E-state index in [1.165, 1.54) is 0 Å². The van der Waals surface area contributed by atoms with E-state index in [4.69, 9.17) is 22.2 Å². The van der Waals surface area contributed by atoms with Gasteiger partial charge >= 0.3 is 0 Å². The SMILES string of the molecule is N#CCCN(CC1CCCO1)C(=S)NC(c1ccccc1)c1ccccc1. The quantitative estimate of drug-likeness (QED) is 0.736. The lowest BCUT2D eigenvalue weighted by Gasteiger charge is -2.30. The van der Waals surface area contributed by atoms with Gasteiger partial charge in [-0.2, -0.15) is 5.26 Å². The Bertz CT molecular complexity index is 715. The van der Waals surface area contributed by atoms with Crippen LogP contribution >= 0.6 is 12.2 Å². The number of nitrogens with zero attached hydrogens (tertiary/aromatic N) is 2. The molecule has 2 aromatic rings. The number of rotatable bonds is 7. The summed E-state index contributed by atoms with van der Waals surface area (Å²) in [6, 6.07) is 22.8. The zero-order valence-corrected chi connectivity index (χ0v) is 16.2. The van der Waals surface area contributed by atoms with Gasteiger partial charge in [-0.3, -0.25) is 0 Å². The van der Waals surface area contributed by atoms with Crippen molar-refractivity contribution in [2.75, 3.05) is 19.7 Å². The van der Waals surface area contributed by atoms with Crippen LogP contribution in [-0.2, 0) is 4.74 Å². The van der Waals surface area contributed by atoms with Gasteiger partial charge in [-0.25, -0.2) is 0 Å². The van der Waals surface area contributed by atoms with E-state index >= 15 is 0 Å². The summed E-state index contributed by atoms with van der Waals surface area (Å²) in [6.45, 7) is 2.15. The van der Waals surface area contributed by atoms with Crippen molar-refractivity contribution in [3.05, 3.63) is 71.8 Å². The number of hydrogen-bond donors (Lipinski definition) is 1. The van der Waals surface area contributed by atoms with Crippen LogP contribution in [0.1, 0.15) is 36.4 Å². The summed E-state index contributed by atoms with van der Waals surface area (Å²) in [5.74, 6) is 0. The fraction of sp³-hybridized carbons (Fsp3) is 0.364. The van der Waals surface area contributed by atoms with Crippen molar-refractivity contribution in [2.24, 2.45) is 0 Å². The molecule has 27 heavy (non-hydrogen) atoms. The molecular formula is C22H25N3OS. The van der Waals surface area contributed by atoms with Crippen LogP contribution in [-0.4, -0.2) is 35.8 Å². The molecule has 1 heterocycles. The molecule has 2 aromatic carbocycles. The molecule has 0 saturated carbocycles. The summed E-state index contributed by atoms with van der Waals surface area (Å²) in [6.07, 6.45) is 2.77. The second-order valence-corrected chi connectivity index (χ2v) is 7.08. The molecule has 1 atom stereocenters. The average Bonchev–Trinajstić information content (AvgIpc) is 3.23. The van der Waals surface area contributed by atoms with Crippen LogP contribution in [0.15, 0.2) is 60.7 Å². The normalized spacial score (nSPS) is 16.1. The van der Waals surface area contributed by atoms with Crippen molar-refractivity contribution in [3.8, 4) is 6.07 Å². The smallest absolute Gasteiger partial charge is 0.169 e. The van der Waals surface area contributed by atoms with Gasteiger partial charge in [-0.15, -0.1) is 0 Å². The second-order valence-electron chi connectivity index (χ2n) is 6.69. The maximum atomic E-state index is 9.02. The predicted molar refractivity (Wildman–Crippen MR) is 111 cm³/mol. The van der Waals surface area contributed by atoms with Gasteiger partial charge in [0.1, 0.15) is 0 Å². The van der Waals surface area contributed by atoms with E-state index < -0.39 is 0 Å². The van der Waals surface area contributed by atoms with Gasteiger partial charge in [-0.1, -0.05) is 60.7 Å². The van der Waals surface area contributed by atoms with Gasteiger partial charge in [0, 0.05) is 19.7 Å². The molecule has 0 radical (unpaired) electrons. The third-order valence-corrected chi connectivity index (χ3v) is 5.14. The molecule has 1 unspecified atom stereocenters. The van der Waals surface area contributed by atoms with E-state index in [1.54, 1.807) is 0 Å². The minimum atomic E-state index is -0.0333. The highest BCUT2D eigenvalue weighted by atomic mass is 32.1. The first-order valence-corrected chi connectivity index (χ1v) is 9.82. The topological polar surface area (TPSA) is 48.3 Å². The number of hydrogen-bond acceptors (Lipinski definition) is 3. The van der Waals surface area contributed by atoms with Gasteiger partial charge in [0.15, 0.2) is 5.11 Å². The molecule has 0 spiro atoms. The minimum absolute atomic E-state index is 0.0333. The molecule has 0 aromatic heterocycles. The van der Waals surface area contributed by atoms with Crippen molar-refractivity contribution in [1.82, 2.24) is 10.2 Å². The highest BCUT2D eigenvalue weighted by Gasteiger charge is 2.23. The molecular weight excluding hydrogens is 354 g/mol. The molecule has 0 amide bonds. The van der Waals surface area contributed by atoms with Crippen molar-refractivity contribution in [1.29, 1.82) is 5.26 Å². The number of benzene rings is 2. The Balaban J connectivity index is 1.77. The number of nitrogens with one attached hydrogen (secondary N) is 1. The summed E-state index contributed by atoms with van der Waals surface area (Å²) in [4.78, 5) is 2.08. The maximum Gasteiger partial charge on any atom is 0.169 e. The Hall–Kier alpha value is -2.42. The third-order valence-electron chi connectivity index (χ3n) is 4.76. The lowest BCUT2D eigenvalue weighted by molar-refractivity contribution is 0.0914. The van der Waals surface area contributed by atoms with Gasteiger partial charge < -0.3 is 15.0 Å². The van der Waals surface area contributed by atoms with Crippen LogP contribution in [0.4, 0.5) is 0 Å². The lowest BCUT2D eigenvalue weighted by Crippen LogP contribution is -2.45. The summed E-state index contributed by atoms with van der Waals surface area (Å²) >= 11 is 5.75. The zero-order valence-electron chi connectivity index (χ0n) is 15.4. The number of thiocarbonyl (C=S) groups is 1.